The van der Waals surface area contributed by atoms with Crippen molar-refractivity contribution in [1.29, 1.82) is 0 Å². The number of benzene rings is 1. The van der Waals surface area contributed by atoms with E-state index in [1.54, 1.807) is 7.11 Å². The van der Waals surface area contributed by atoms with Crippen LogP contribution in [0.1, 0.15) is 24.8 Å². The second-order valence-electron chi connectivity index (χ2n) is 3.97. The first-order chi connectivity index (χ1) is 8.26. The number of hydrogen-bond donors (Lipinski definition) is 1. The van der Waals surface area contributed by atoms with Gasteiger partial charge in [0.1, 0.15) is 5.75 Å². The smallest absolute Gasteiger partial charge is 0.313 e. The first-order valence-corrected chi connectivity index (χ1v) is 5.84. The summed E-state index contributed by atoms with van der Waals surface area (Å²) in [6.45, 7) is 3.04. The summed E-state index contributed by atoms with van der Waals surface area (Å²) in [7, 11) is 1.62. The monoisotopic (exact) mass is 235 g/mol. The Hall–Kier alpha value is -1.71. The molecule has 0 saturated carbocycles. The zero-order chi connectivity index (χ0) is 12.3. The van der Waals surface area contributed by atoms with E-state index in [1.165, 1.54) is 0 Å². The topological polar surface area (TPSA) is 47.6 Å². The lowest BCUT2D eigenvalue weighted by Gasteiger charge is -2.25. The fourth-order valence-corrected chi connectivity index (χ4v) is 2.11. The highest BCUT2D eigenvalue weighted by molar-refractivity contribution is 5.82. The second kappa shape index (κ2) is 5.08. The number of esters is 1. The molecule has 92 valence electrons. The van der Waals surface area contributed by atoms with Crippen molar-refractivity contribution in [1.82, 2.24) is 0 Å². The van der Waals surface area contributed by atoms with Crippen molar-refractivity contribution in [2.24, 2.45) is 0 Å². The van der Waals surface area contributed by atoms with E-state index in [9.17, 15) is 4.79 Å². The van der Waals surface area contributed by atoms with Crippen molar-refractivity contribution in [3.63, 3.8) is 0 Å². The third-order valence-corrected chi connectivity index (χ3v) is 2.95. The van der Waals surface area contributed by atoms with E-state index in [2.05, 4.69) is 5.32 Å². The quantitative estimate of drug-likeness (QED) is 0.815. The molecule has 1 N–H and O–H groups in total. The molecule has 0 spiro atoms. The molecule has 4 nitrogen and oxygen atoms in total. The lowest BCUT2D eigenvalue weighted by atomic mass is 9.91. The minimum atomic E-state index is -0.179. The third kappa shape index (κ3) is 2.35. The molecule has 2 rings (SSSR count). The summed E-state index contributed by atoms with van der Waals surface area (Å²) in [5, 5.41) is 3.28. The van der Waals surface area contributed by atoms with E-state index in [0.717, 1.165) is 30.0 Å². The maximum atomic E-state index is 11.9. The van der Waals surface area contributed by atoms with Gasteiger partial charge in [0.05, 0.1) is 19.6 Å². The number of hydrogen-bond acceptors (Lipinski definition) is 4. The van der Waals surface area contributed by atoms with Gasteiger partial charge < -0.3 is 14.8 Å². The minimum absolute atomic E-state index is 0.150. The number of anilines is 1. The van der Waals surface area contributed by atoms with E-state index in [-0.39, 0.29) is 11.9 Å². The molecule has 17 heavy (non-hydrogen) atoms. The molecule has 0 fully saturated rings. The van der Waals surface area contributed by atoms with Crippen molar-refractivity contribution in [3.05, 3.63) is 23.8 Å². The number of rotatable bonds is 3. The number of nitrogens with one attached hydrogen (secondary N) is 1. The number of carbonyl (C=O) groups excluding carboxylic acids is 1. The fraction of sp³-hybridized carbons (Fsp3) is 0.462. The van der Waals surface area contributed by atoms with Crippen LogP contribution in [-0.4, -0.2) is 26.2 Å². The summed E-state index contributed by atoms with van der Waals surface area (Å²) in [5.41, 5.74) is 1.96. The van der Waals surface area contributed by atoms with E-state index >= 15 is 0 Å². The van der Waals surface area contributed by atoms with Crippen LogP contribution in [0.25, 0.3) is 0 Å². The van der Waals surface area contributed by atoms with Crippen LogP contribution in [0.15, 0.2) is 18.2 Å². The van der Waals surface area contributed by atoms with Gasteiger partial charge >= 0.3 is 5.97 Å². The molecule has 0 radical (unpaired) electrons. The van der Waals surface area contributed by atoms with Gasteiger partial charge in [0, 0.05) is 12.2 Å². The van der Waals surface area contributed by atoms with Gasteiger partial charge in [-0.2, -0.15) is 0 Å². The molecule has 0 aliphatic carbocycles. The SMILES string of the molecule is CCOC(=O)C1CCNc2ccc(OC)cc21. The Balaban J connectivity index is 2.31. The van der Waals surface area contributed by atoms with Crippen LogP contribution in [0.2, 0.25) is 0 Å². The molecule has 1 aliphatic rings. The van der Waals surface area contributed by atoms with Crippen LogP contribution in [0, 0.1) is 0 Å². The summed E-state index contributed by atoms with van der Waals surface area (Å²) < 4.78 is 10.3. The molecule has 1 heterocycles. The second-order valence-corrected chi connectivity index (χ2v) is 3.97. The molecule has 0 bridgehead atoms. The molecule has 0 saturated heterocycles. The molecular formula is C13H17NO3. The molecule has 0 aromatic heterocycles. The average molecular weight is 235 g/mol. The van der Waals surface area contributed by atoms with Crippen LogP contribution in [-0.2, 0) is 9.53 Å². The van der Waals surface area contributed by atoms with Crippen molar-refractivity contribution >= 4 is 11.7 Å². The van der Waals surface area contributed by atoms with Crippen molar-refractivity contribution < 1.29 is 14.3 Å². The number of methoxy groups -OCH3 is 1. The highest BCUT2D eigenvalue weighted by Gasteiger charge is 2.27. The maximum absolute atomic E-state index is 11.9. The summed E-state index contributed by atoms with van der Waals surface area (Å²) in [6.07, 6.45) is 0.763. The van der Waals surface area contributed by atoms with Crippen molar-refractivity contribution in [3.8, 4) is 5.75 Å². The Labute approximate surface area is 101 Å². The lowest BCUT2D eigenvalue weighted by molar-refractivity contribution is -0.145. The van der Waals surface area contributed by atoms with Crippen molar-refractivity contribution in [2.45, 2.75) is 19.3 Å². The Morgan fingerprint density at radius 1 is 1.53 bits per heavy atom. The van der Waals surface area contributed by atoms with E-state index in [0.29, 0.717) is 6.61 Å². The number of ether oxygens (including phenoxy) is 2. The molecule has 1 aromatic rings. The molecule has 1 aromatic carbocycles. The minimum Gasteiger partial charge on any atom is -0.497 e. The maximum Gasteiger partial charge on any atom is 0.313 e. The molecular weight excluding hydrogens is 218 g/mol. The Bertz CT molecular complexity index is 417. The van der Waals surface area contributed by atoms with Crippen molar-refractivity contribution in [2.75, 3.05) is 25.6 Å². The molecule has 1 aliphatic heterocycles. The summed E-state index contributed by atoms with van der Waals surface area (Å²) >= 11 is 0. The standard InChI is InChI=1S/C13H17NO3/c1-3-17-13(15)10-6-7-14-12-5-4-9(16-2)8-11(10)12/h4-5,8,10,14H,3,6-7H2,1-2H3. The highest BCUT2D eigenvalue weighted by atomic mass is 16.5. The predicted octanol–water partition coefficient (Wildman–Crippen LogP) is 2.16. The van der Waals surface area contributed by atoms with Gasteiger partial charge in [-0.25, -0.2) is 0 Å². The average Bonchev–Trinajstić information content (AvgIpc) is 2.37. The van der Waals surface area contributed by atoms with Gasteiger partial charge in [-0.05, 0) is 37.1 Å². The lowest BCUT2D eigenvalue weighted by Crippen LogP contribution is -2.24. The van der Waals surface area contributed by atoms with Crippen LogP contribution in [0.4, 0.5) is 5.69 Å². The first-order valence-electron chi connectivity index (χ1n) is 5.84. The van der Waals surface area contributed by atoms with E-state index in [4.69, 9.17) is 9.47 Å². The van der Waals surface area contributed by atoms with Gasteiger partial charge in [-0.1, -0.05) is 0 Å². The van der Waals surface area contributed by atoms with E-state index < -0.39 is 0 Å². The fourth-order valence-electron chi connectivity index (χ4n) is 2.11. The Kier molecular flexibility index (Phi) is 3.52. The largest absolute Gasteiger partial charge is 0.497 e. The highest BCUT2D eigenvalue weighted by Crippen LogP contribution is 2.34. The molecule has 0 amide bonds. The van der Waals surface area contributed by atoms with Crippen LogP contribution >= 0.6 is 0 Å². The van der Waals surface area contributed by atoms with Crippen LogP contribution < -0.4 is 10.1 Å². The van der Waals surface area contributed by atoms with Gasteiger partial charge in [0.15, 0.2) is 0 Å². The van der Waals surface area contributed by atoms with Crippen LogP contribution in [0.5, 0.6) is 5.75 Å². The predicted molar refractivity (Wildman–Crippen MR) is 65.5 cm³/mol. The molecule has 4 heteroatoms. The van der Waals surface area contributed by atoms with Gasteiger partial charge in [0.2, 0.25) is 0 Å². The summed E-state index contributed by atoms with van der Waals surface area (Å²) in [4.78, 5) is 11.9. The van der Waals surface area contributed by atoms with Crippen LogP contribution in [0.3, 0.4) is 0 Å². The van der Waals surface area contributed by atoms with Gasteiger partial charge in [-0.15, -0.1) is 0 Å². The van der Waals surface area contributed by atoms with Gasteiger partial charge in [0.25, 0.3) is 0 Å². The zero-order valence-electron chi connectivity index (χ0n) is 10.2. The third-order valence-electron chi connectivity index (χ3n) is 2.95. The van der Waals surface area contributed by atoms with Gasteiger partial charge in [-0.3, -0.25) is 4.79 Å². The number of carbonyl (C=O) groups is 1. The Morgan fingerprint density at radius 2 is 2.35 bits per heavy atom. The van der Waals surface area contributed by atoms with E-state index in [1.807, 2.05) is 25.1 Å². The molecule has 1 unspecified atom stereocenters. The first kappa shape index (κ1) is 11.8. The molecule has 1 atom stereocenters. The number of fused-ring (bicyclic) bond motifs is 1. The summed E-state index contributed by atoms with van der Waals surface area (Å²) in [5.74, 6) is 0.437. The summed E-state index contributed by atoms with van der Waals surface area (Å²) in [6, 6.07) is 5.74. The zero-order valence-corrected chi connectivity index (χ0v) is 10.2. The Morgan fingerprint density at radius 3 is 3.06 bits per heavy atom. The normalized spacial score (nSPS) is 17.9.